The second-order valence-corrected chi connectivity index (χ2v) is 6.64. The number of carbonyl (C=O) groups excluding carboxylic acids is 1. The van der Waals surface area contributed by atoms with Crippen LogP contribution in [0.2, 0.25) is 0 Å². The Bertz CT molecular complexity index is 906. The molecule has 0 amide bonds. The lowest BCUT2D eigenvalue weighted by Gasteiger charge is -2.09. The maximum atomic E-state index is 12.0. The molecule has 0 unspecified atom stereocenters. The first-order chi connectivity index (χ1) is 13.2. The van der Waals surface area contributed by atoms with Crippen LogP contribution in [-0.4, -0.2) is 24.7 Å². The van der Waals surface area contributed by atoms with Crippen LogP contribution in [0.25, 0.3) is 10.6 Å². The van der Waals surface area contributed by atoms with E-state index in [2.05, 4.69) is 4.98 Å². The summed E-state index contributed by atoms with van der Waals surface area (Å²) in [6.07, 6.45) is 0.844. The summed E-state index contributed by atoms with van der Waals surface area (Å²) < 4.78 is 16.1. The summed E-state index contributed by atoms with van der Waals surface area (Å²) in [6, 6.07) is 15.4. The molecule has 0 N–H and O–H groups in total. The van der Waals surface area contributed by atoms with Crippen molar-refractivity contribution in [1.82, 2.24) is 4.98 Å². The number of methoxy groups -OCH3 is 1. The van der Waals surface area contributed by atoms with E-state index in [9.17, 15) is 4.79 Å². The summed E-state index contributed by atoms with van der Waals surface area (Å²) in [6.45, 7) is 2.05. The molecule has 0 aliphatic carbocycles. The number of aromatic nitrogens is 1. The Hall–Kier alpha value is -2.86. The summed E-state index contributed by atoms with van der Waals surface area (Å²) in [5, 5.41) is 2.74. The van der Waals surface area contributed by atoms with Gasteiger partial charge < -0.3 is 14.2 Å². The van der Waals surface area contributed by atoms with Gasteiger partial charge in [-0.2, -0.15) is 0 Å². The highest BCUT2D eigenvalue weighted by Crippen LogP contribution is 2.27. The maximum Gasteiger partial charge on any atom is 0.344 e. The summed E-state index contributed by atoms with van der Waals surface area (Å²) in [5.41, 5.74) is 2.74. The molecule has 6 heteroatoms. The molecule has 0 radical (unpaired) electrons. The van der Waals surface area contributed by atoms with Gasteiger partial charge in [0.25, 0.3) is 0 Å². The van der Waals surface area contributed by atoms with E-state index in [0.717, 1.165) is 28.3 Å². The largest absolute Gasteiger partial charge is 0.497 e. The number of esters is 1. The maximum absolute atomic E-state index is 12.0. The van der Waals surface area contributed by atoms with Crippen molar-refractivity contribution in [3.8, 4) is 22.1 Å². The molecule has 0 spiro atoms. The molecule has 5 nitrogen and oxygen atoms in total. The fourth-order valence-corrected chi connectivity index (χ4v) is 3.33. The van der Waals surface area contributed by atoms with Gasteiger partial charge in [0, 0.05) is 10.9 Å². The third-order valence-electron chi connectivity index (χ3n) is 3.95. The fourth-order valence-electron chi connectivity index (χ4n) is 2.53. The van der Waals surface area contributed by atoms with Crippen LogP contribution in [0.3, 0.4) is 0 Å². The SMILES string of the molecule is CCc1ccccc1OCC(=O)OCc1csc(-c2cccc(OC)c2)n1. The highest BCUT2D eigenvalue weighted by Gasteiger charge is 2.10. The van der Waals surface area contributed by atoms with Crippen molar-refractivity contribution in [3.63, 3.8) is 0 Å². The standard InChI is InChI=1S/C21H21NO4S/c1-3-15-7-4-5-10-19(15)25-13-20(23)26-12-17-14-27-21(22-17)16-8-6-9-18(11-16)24-2/h4-11,14H,3,12-13H2,1-2H3. The van der Waals surface area contributed by atoms with Crippen LogP contribution < -0.4 is 9.47 Å². The van der Waals surface area contributed by atoms with Crippen molar-refractivity contribution in [2.45, 2.75) is 20.0 Å². The number of aryl methyl sites for hydroxylation is 1. The Balaban J connectivity index is 1.53. The molecule has 0 fully saturated rings. The number of ether oxygens (including phenoxy) is 3. The van der Waals surface area contributed by atoms with Crippen LogP contribution in [0.15, 0.2) is 53.9 Å². The van der Waals surface area contributed by atoms with Gasteiger partial charge in [0.15, 0.2) is 6.61 Å². The molecule has 3 rings (SSSR count). The summed E-state index contributed by atoms with van der Waals surface area (Å²) in [4.78, 5) is 16.5. The number of hydrogen-bond acceptors (Lipinski definition) is 6. The van der Waals surface area contributed by atoms with Gasteiger partial charge in [-0.3, -0.25) is 0 Å². The predicted molar refractivity (Wildman–Crippen MR) is 105 cm³/mol. The van der Waals surface area contributed by atoms with Crippen molar-refractivity contribution in [3.05, 3.63) is 65.2 Å². The van der Waals surface area contributed by atoms with Crippen molar-refractivity contribution < 1.29 is 19.0 Å². The molecule has 1 aromatic heterocycles. The van der Waals surface area contributed by atoms with Crippen LogP contribution >= 0.6 is 11.3 Å². The Morgan fingerprint density at radius 1 is 1.15 bits per heavy atom. The second kappa shape index (κ2) is 9.19. The average Bonchev–Trinajstić information content (AvgIpc) is 3.20. The van der Waals surface area contributed by atoms with Crippen LogP contribution in [0.5, 0.6) is 11.5 Å². The highest BCUT2D eigenvalue weighted by molar-refractivity contribution is 7.13. The number of para-hydroxylation sites is 1. The lowest BCUT2D eigenvalue weighted by molar-refractivity contribution is -0.147. The lowest BCUT2D eigenvalue weighted by atomic mass is 10.1. The first kappa shape index (κ1) is 18.9. The minimum Gasteiger partial charge on any atom is -0.497 e. The molecule has 3 aromatic rings. The van der Waals surface area contributed by atoms with Gasteiger partial charge in [0.2, 0.25) is 0 Å². The molecule has 140 valence electrons. The van der Waals surface area contributed by atoms with E-state index in [1.807, 2.05) is 60.8 Å². The molecule has 1 heterocycles. The van der Waals surface area contributed by atoms with Crippen LogP contribution in [0, 0.1) is 0 Å². The molecule has 0 aliphatic heterocycles. The monoisotopic (exact) mass is 383 g/mol. The van der Waals surface area contributed by atoms with Crippen LogP contribution in [0.4, 0.5) is 0 Å². The first-order valence-electron chi connectivity index (χ1n) is 8.64. The van der Waals surface area contributed by atoms with E-state index in [-0.39, 0.29) is 13.2 Å². The lowest BCUT2D eigenvalue weighted by Crippen LogP contribution is -2.15. The fraction of sp³-hybridized carbons (Fsp3) is 0.238. The van der Waals surface area contributed by atoms with Crippen molar-refractivity contribution in [2.24, 2.45) is 0 Å². The zero-order valence-corrected chi connectivity index (χ0v) is 16.1. The third-order valence-corrected chi connectivity index (χ3v) is 4.89. The minimum absolute atomic E-state index is 0.121. The number of carbonyl (C=O) groups is 1. The first-order valence-corrected chi connectivity index (χ1v) is 9.52. The summed E-state index contributed by atoms with van der Waals surface area (Å²) in [5.74, 6) is 1.07. The van der Waals surface area contributed by atoms with E-state index in [1.54, 1.807) is 7.11 Å². The number of thiazole rings is 1. The Labute approximate surface area is 162 Å². The van der Waals surface area contributed by atoms with E-state index in [0.29, 0.717) is 11.4 Å². The van der Waals surface area contributed by atoms with Gasteiger partial charge in [-0.05, 0) is 30.2 Å². The smallest absolute Gasteiger partial charge is 0.344 e. The van der Waals surface area contributed by atoms with Gasteiger partial charge >= 0.3 is 5.97 Å². The Kier molecular flexibility index (Phi) is 6.44. The normalized spacial score (nSPS) is 10.4. The Morgan fingerprint density at radius 2 is 2.00 bits per heavy atom. The van der Waals surface area contributed by atoms with Gasteiger partial charge in [0.05, 0.1) is 12.8 Å². The van der Waals surface area contributed by atoms with Crippen molar-refractivity contribution >= 4 is 17.3 Å². The topological polar surface area (TPSA) is 57.7 Å². The van der Waals surface area contributed by atoms with Gasteiger partial charge in [-0.25, -0.2) is 9.78 Å². The molecule has 2 aromatic carbocycles. The minimum atomic E-state index is -0.420. The number of rotatable bonds is 8. The summed E-state index contributed by atoms with van der Waals surface area (Å²) in [7, 11) is 1.63. The molecular weight excluding hydrogens is 362 g/mol. The average molecular weight is 383 g/mol. The molecule has 0 aliphatic rings. The van der Waals surface area contributed by atoms with E-state index in [4.69, 9.17) is 14.2 Å². The van der Waals surface area contributed by atoms with Crippen molar-refractivity contribution in [1.29, 1.82) is 0 Å². The highest BCUT2D eigenvalue weighted by atomic mass is 32.1. The second-order valence-electron chi connectivity index (χ2n) is 5.79. The zero-order chi connectivity index (χ0) is 19.1. The quantitative estimate of drug-likeness (QED) is 0.536. The number of hydrogen-bond donors (Lipinski definition) is 0. The summed E-state index contributed by atoms with van der Waals surface area (Å²) >= 11 is 1.50. The van der Waals surface area contributed by atoms with Crippen molar-refractivity contribution in [2.75, 3.05) is 13.7 Å². The van der Waals surface area contributed by atoms with E-state index >= 15 is 0 Å². The van der Waals surface area contributed by atoms with Gasteiger partial charge in [-0.15, -0.1) is 11.3 Å². The van der Waals surface area contributed by atoms with Crippen LogP contribution in [-0.2, 0) is 22.6 Å². The molecule has 27 heavy (non-hydrogen) atoms. The molecule has 0 saturated heterocycles. The van der Waals surface area contributed by atoms with Gasteiger partial charge in [-0.1, -0.05) is 37.3 Å². The molecular formula is C21H21NO4S. The van der Waals surface area contributed by atoms with E-state index in [1.165, 1.54) is 11.3 Å². The van der Waals surface area contributed by atoms with Crippen LogP contribution in [0.1, 0.15) is 18.2 Å². The molecule has 0 bridgehead atoms. The zero-order valence-electron chi connectivity index (χ0n) is 15.3. The number of benzene rings is 2. The predicted octanol–water partition coefficient (Wildman–Crippen LogP) is 4.50. The number of nitrogens with zero attached hydrogens (tertiary/aromatic N) is 1. The molecule has 0 atom stereocenters. The third kappa shape index (κ3) is 5.08. The van der Waals surface area contributed by atoms with E-state index < -0.39 is 5.97 Å². The van der Waals surface area contributed by atoms with Gasteiger partial charge in [0.1, 0.15) is 23.1 Å². The molecule has 0 saturated carbocycles. The Morgan fingerprint density at radius 3 is 2.81 bits per heavy atom.